The average Bonchev–Trinajstić information content (AvgIpc) is 2.78. The molecule has 0 amide bonds. The fourth-order valence-electron chi connectivity index (χ4n) is 2.16. The second kappa shape index (κ2) is 8.61. The first-order valence-corrected chi connectivity index (χ1v) is 8.09. The van der Waals surface area contributed by atoms with Crippen LogP contribution in [0.2, 0.25) is 0 Å². The van der Waals surface area contributed by atoms with Crippen molar-refractivity contribution in [3.63, 3.8) is 0 Å². The van der Waals surface area contributed by atoms with Gasteiger partial charge in [-0.3, -0.25) is 9.89 Å². The molecule has 1 aliphatic rings. The van der Waals surface area contributed by atoms with Crippen LogP contribution in [0.25, 0.3) is 0 Å². The number of alkyl halides is 3. The number of hydrogen-bond acceptors (Lipinski definition) is 3. The zero-order chi connectivity index (χ0) is 15.0. The van der Waals surface area contributed by atoms with Gasteiger partial charge in [0.15, 0.2) is 5.96 Å². The Bertz CT molecular complexity index is 310. The van der Waals surface area contributed by atoms with E-state index in [-0.39, 0.29) is 6.04 Å². The number of rotatable bonds is 6. The molecule has 118 valence electrons. The molecule has 0 aromatic carbocycles. The molecule has 0 spiro atoms. The standard InChI is InChI=1S/C12H23F3N4S/c1-16-11(17-5-3-7-20-2)18-10-4-6-19(8-10)9-12(13,14)15/h10H,3-9H2,1-2H3,(H2,16,17,18). The van der Waals surface area contributed by atoms with Crippen molar-refractivity contribution in [2.24, 2.45) is 4.99 Å². The van der Waals surface area contributed by atoms with Crippen LogP contribution in [0.3, 0.4) is 0 Å². The van der Waals surface area contributed by atoms with E-state index in [0.717, 1.165) is 18.7 Å². The summed E-state index contributed by atoms with van der Waals surface area (Å²) in [4.78, 5) is 5.52. The predicted molar refractivity (Wildman–Crippen MR) is 78.4 cm³/mol. The minimum absolute atomic E-state index is 0.0316. The van der Waals surface area contributed by atoms with Crippen molar-refractivity contribution in [2.45, 2.75) is 25.1 Å². The largest absolute Gasteiger partial charge is 0.401 e. The van der Waals surface area contributed by atoms with Gasteiger partial charge in [-0.15, -0.1) is 0 Å². The highest BCUT2D eigenvalue weighted by atomic mass is 32.2. The molecule has 1 rings (SSSR count). The van der Waals surface area contributed by atoms with Crippen molar-refractivity contribution >= 4 is 17.7 Å². The number of aliphatic imine (C=N–C) groups is 1. The van der Waals surface area contributed by atoms with Crippen molar-refractivity contribution < 1.29 is 13.2 Å². The number of hydrogen-bond donors (Lipinski definition) is 2. The Hall–Kier alpha value is -0.630. The zero-order valence-corrected chi connectivity index (χ0v) is 12.8. The molecule has 1 saturated heterocycles. The Morgan fingerprint density at radius 3 is 2.80 bits per heavy atom. The van der Waals surface area contributed by atoms with Crippen LogP contribution in [0, 0.1) is 0 Å². The molecule has 1 atom stereocenters. The van der Waals surface area contributed by atoms with Crippen molar-refractivity contribution in [1.29, 1.82) is 0 Å². The molecule has 0 radical (unpaired) electrons. The van der Waals surface area contributed by atoms with Gasteiger partial charge in [0, 0.05) is 32.7 Å². The predicted octanol–water partition coefficient (Wildman–Crippen LogP) is 1.54. The number of halogens is 3. The van der Waals surface area contributed by atoms with Crippen molar-refractivity contribution in [3.05, 3.63) is 0 Å². The maximum absolute atomic E-state index is 12.3. The van der Waals surface area contributed by atoms with Gasteiger partial charge in [-0.2, -0.15) is 24.9 Å². The van der Waals surface area contributed by atoms with Gasteiger partial charge in [-0.25, -0.2) is 0 Å². The second-order valence-electron chi connectivity index (χ2n) is 4.83. The highest BCUT2D eigenvalue weighted by Gasteiger charge is 2.34. The molecular formula is C12H23F3N4S. The van der Waals surface area contributed by atoms with E-state index in [1.54, 1.807) is 18.8 Å². The zero-order valence-electron chi connectivity index (χ0n) is 12.0. The Morgan fingerprint density at radius 2 is 2.20 bits per heavy atom. The molecule has 0 aromatic heterocycles. The van der Waals surface area contributed by atoms with Gasteiger partial charge in [-0.05, 0) is 24.9 Å². The van der Waals surface area contributed by atoms with Crippen LogP contribution in [0.1, 0.15) is 12.8 Å². The maximum Gasteiger partial charge on any atom is 0.401 e. The van der Waals surface area contributed by atoms with Gasteiger partial charge in [-0.1, -0.05) is 0 Å². The summed E-state index contributed by atoms with van der Waals surface area (Å²) in [5.41, 5.74) is 0. The number of thioether (sulfide) groups is 1. The van der Waals surface area contributed by atoms with E-state index in [0.29, 0.717) is 25.5 Å². The lowest BCUT2D eigenvalue weighted by Crippen LogP contribution is -2.45. The van der Waals surface area contributed by atoms with E-state index in [1.165, 1.54) is 4.90 Å². The molecule has 1 heterocycles. The van der Waals surface area contributed by atoms with E-state index in [9.17, 15) is 13.2 Å². The molecule has 0 aliphatic carbocycles. The van der Waals surface area contributed by atoms with Crippen LogP contribution in [-0.2, 0) is 0 Å². The summed E-state index contributed by atoms with van der Waals surface area (Å²) in [6.45, 7) is 0.871. The first-order valence-electron chi connectivity index (χ1n) is 6.70. The molecule has 1 unspecified atom stereocenters. The molecule has 4 nitrogen and oxygen atoms in total. The maximum atomic E-state index is 12.3. The minimum atomic E-state index is -4.12. The highest BCUT2D eigenvalue weighted by molar-refractivity contribution is 7.98. The third-order valence-corrected chi connectivity index (χ3v) is 3.75. The van der Waals surface area contributed by atoms with Crippen molar-refractivity contribution in [3.8, 4) is 0 Å². The first-order chi connectivity index (χ1) is 9.44. The van der Waals surface area contributed by atoms with Gasteiger partial charge in [0.1, 0.15) is 0 Å². The fourth-order valence-corrected chi connectivity index (χ4v) is 2.59. The first kappa shape index (κ1) is 17.4. The van der Waals surface area contributed by atoms with Crippen LogP contribution in [-0.4, -0.2) is 68.3 Å². The Morgan fingerprint density at radius 1 is 1.45 bits per heavy atom. The topological polar surface area (TPSA) is 39.7 Å². The summed E-state index contributed by atoms with van der Waals surface area (Å²) in [6.07, 6.45) is -0.318. The van der Waals surface area contributed by atoms with E-state index >= 15 is 0 Å². The van der Waals surface area contributed by atoms with Crippen LogP contribution in [0.15, 0.2) is 4.99 Å². The van der Waals surface area contributed by atoms with Crippen LogP contribution in [0.5, 0.6) is 0 Å². The lowest BCUT2D eigenvalue weighted by Gasteiger charge is -2.19. The Kier molecular flexibility index (Phi) is 7.50. The molecule has 1 fully saturated rings. The minimum Gasteiger partial charge on any atom is -0.356 e. The third-order valence-electron chi connectivity index (χ3n) is 3.06. The summed E-state index contributed by atoms with van der Waals surface area (Å²) in [5.74, 6) is 1.75. The van der Waals surface area contributed by atoms with Gasteiger partial charge < -0.3 is 10.6 Å². The molecule has 0 saturated carbocycles. The SMILES string of the molecule is CN=C(NCCCSC)NC1CCN(CC(F)(F)F)C1. The van der Waals surface area contributed by atoms with Crippen LogP contribution < -0.4 is 10.6 Å². The average molecular weight is 312 g/mol. The van der Waals surface area contributed by atoms with Crippen LogP contribution in [0.4, 0.5) is 13.2 Å². The van der Waals surface area contributed by atoms with Gasteiger partial charge in [0.2, 0.25) is 0 Å². The summed E-state index contributed by atoms with van der Waals surface area (Å²) < 4.78 is 36.9. The molecule has 2 N–H and O–H groups in total. The summed E-state index contributed by atoms with van der Waals surface area (Å²) in [5, 5.41) is 6.36. The molecule has 20 heavy (non-hydrogen) atoms. The molecule has 0 bridgehead atoms. The molecule has 1 aliphatic heterocycles. The molecule has 0 aromatic rings. The Balaban J connectivity index is 2.26. The summed E-state index contributed by atoms with van der Waals surface area (Å²) in [7, 11) is 1.67. The van der Waals surface area contributed by atoms with E-state index in [2.05, 4.69) is 21.9 Å². The number of guanidine groups is 1. The highest BCUT2D eigenvalue weighted by Crippen LogP contribution is 2.19. The Labute approximate surface area is 122 Å². The van der Waals surface area contributed by atoms with Gasteiger partial charge in [0.05, 0.1) is 6.54 Å². The van der Waals surface area contributed by atoms with Crippen molar-refractivity contribution in [1.82, 2.24) is 15.5 Å². The smallest absolute Gasteiger partial charge is 0.356 e. The fraction of sp³-hybridized carbons (Fsp3) is 0.917. The summed E-state index contributed by atoms with van der Waals surface area (Å²) >= 11 is 1.79. The van der Waals surface area contributed by atoms with Gasteiger partial charge in [0.25, 0.3) is 0 Å². The number of nitrogens with zero attached hydrogens (tertiary/aromatic N) is 2. The monoisotopic (exact) mass is 312 g/mol. The lowest BCUT2D eigenvalue weighted by molar-refractivity contribution is -0.143. The lowest BCUT2D eigenvalue weighted by atomic mass is 10.3. The van der Waals surface area contributed by atoms with E-state index in [1.807, 2.05) is 0 Å². The summed E-state index contributed by atoms with van der Waals surface area (Å²) in [6, 6.07) is 0.0316. The third kappa shape index (κ3) is 7.23. The second-order valence-corrected chi connectivity index (χ2v) is 5.81. The van der Waals surface area contributed by atoms with E-state index in [4.69, 9.17) is 0 Å². The quantitative estimate of drug-likeness (QED) is 0.443. The van der Waals surface area contributed by atoms with E-state index < -0.39 is 12.7 Å². The molecular weight excluding hydrogens is 289 g/mol. The van der Waals surface area contributed by atoms with Crippen LogP contribution >= 0.6 is 11.8 Å². The number of likely N-dealkylation sites (tertiary alicyclic amines) is 1. The molecule has 8 heteroatoms. The normalized spacial score (nSPS) is 21.2. The number of nitrogens with one attached hydrogen (secondary N) is 2. The van der Waals surface area contributed by atoms with Gasteiger partial charge >= 0.3 is 6.18 Å². The van der Waals surface area contributed by atoms with Crippen molar-refractivity contribution in [2.75, 3.05) is 45.2 Å².